The Morgan fingerprint density at radius 2 is 1.33 bits per heavy atom. The van der Waals surface area contributed by atoms with Gasteiger partial charge in [-0.05, 0) is 78.4 Å². The van der Waals surface area contributed by atoms with E-state index < -0.39 is 23.4 Å². The Hall–Kier alpha value is -3.48. The van der Waals surface area contributed by atoms with E-state index in [0.29, 0.717) is 58.7 Å². The Morgan fingerprint density at radius 1 is 0.667 bits per heavy atom. The first-order valence-corrected chi connectivity index (χ1v) is 11.6. The van der Waals surface area contributed by atoms with E-state index in [4.69, 9.17) is 4.74 Å². The average Bonchev–Trinajstić information content (AvgIpc) is 2.82. The van der Waals surface area contributed by atoms with Crippen molar-refractivity contribution in [3.63, 3.8) is 0 Å². The zero-order valence-electron chi connectivity index (χ0n) is 19.6. The third-order valence-corrected chi connectivity index (χ3v) is 6.14. The molecule has 4 aromatic rings. The summed E-state index contributed by atoms with van der Waals surface area (Å²) in [4.78, 5) is 0. The molecule has 0 aliphatic rings. The molecule has 4 rings (SSSR count). The molecule has 7 heteroatoms. The Labute approximate surface area is 205 Å². The quantitative estimate of drug-likeness (QED) is 0.221. The van der Waals surface area contributed by atoms with Gasteiger partial charge in [-0.3, -0.25) is 0 Å². The number of ether oxygens (including phenoxy) is 1. The SMILES string of the molecule is CCOc1ccc(CCc2ccc3c(F)c(CCc4ccc(C(F)(F)F)c(F)c4)ccc3c2)c(F)c1. The standard InChI is InChI=1S/C29H24F6O/c1-2-36-23-12-11-20(26(30)17-23)7-3-18-5-13-24-22(15-18)10-9-21(28(24)32)8-4-19-6-14-25(27(31)16-19)29(33,34)35/h5-6,9-17H,2-4,7-8H2,1H3. The van der Waals surface area contributed by atoms with Crippen molar-refractivity contribution in [3.8, 4) is 5.75 Å². The lowest BCUT2D eigenvalue weighted by Crippen LogP contribution is -2.08. The molecule has 0 atom stereocenters. The number of aryl methyl sites for hydroxylation is 4. The van der Waals surface area contributed by atoms with Gasteiger partial charge in [0.25, 0.3) is 0 Å². The van der Waals surface area contributed by atoms with Crippen LogP contribution in [0.1, 0.15) is 34.7 Å². The number of fused-ring (bicyclic) bond motifs is 1. The molecule has 0 N–H and O–H groups in total. The minimum absolute atomic E-state index is 0.198. The molecule has 188 valence electrons. The molecule has 0 aliphatic heterocycles. The number of hydrogen-bond donors (Lipinski definition) is 0. The summed E-state index contributed by atoms with van der Waals surface area (Å²) in [7, 11) is 0. The summed E-state index contributed by atoms with van der Waals surface area (Å²) in [5, 5.41) is 1.11. The molecule has 0 aromatic heterocycles. The molecule has 0 radical (unpaired) electrons. The van der Waals surface area contributed by atoms with Crippen molar-refractivity contribution < 1.29 is 31.1 Å². The van der Waals surface area contributed by atoms with Crippen molar-refractivity contribution in [3.05, 3.63) is 112 Å². The van der Waals surface area contributed by atoms with Crippen LogP contribution in [-0.4, -0.2) is 6.61 Å². The van der Waals surface area contributed by atoms with Crippen LogP contribution in [0, 0.1) is 17.5 Å². The van der Waals surface area contributed by atoms with Crippen LogP contribution in [0.5, 0.6) is 5.75 Å². The molecule has 1 nitrogen and oxygen atoms in total. The van der Waals surface area contributed by atoms with Gasteiger partial charge >= 0.3 is 6.18 Å². The Kier molecular flexibility index (Phi) is 7.57. The van der Waals surface area contributed by atoms with Crippen molar-refractivity contribution in [1.82, 2.24) is 0 Å². The fourth-order valence-electron chi connectivity index (χ4n) is 4.22. The van der Waals surface area contributed by atoms with E-state index in [0.717, 1.165) is 11.6 Å². The van der Waals surface area contributed by atoms with Crippen LogP contribution in [-0.2, 0) is 31.9 Å². The van der Waals surface area contributed by atoms with Crippen molar-refractivity contribution in [2.24, 2.45) is 0 Å². The maximum absolute atomic E-state index is 15.1. The molecule has 36 heavy (non-hydrogen) atoms. The molecule has 4 aromatic carbocycles. The fraction of sp³-hybridized carbons (Fsp3) is 0.241. The maximum atomic E-state index is 15.1. The first-order valence-electron chi connectivity index (χ1n) is 11.6. The molecule has 0 unspecified atom stereocenters. The van der Waals surface area contributed by atoms with Gasteiger partial charge in [0, 0.05) is 11.5 Å². The molecule has 0 fully saturated rings. The topological polar surface area (TPSA) is 9.23 Å². The first kappa shape index (κ1) is 25.6. The summed E-state index contributed by atoms with van der Waals surface area (Å²) in [6.07, 6.45) is -3.29. The van der Waals surface area contributed by atoms with Crippen LogP contribution < -0.4 is 4.74 Å². The summed E-state index contributed by atoms with van der Waals surface area (Å²) in [5.74, 6) is -1.59. The van der Waals surface area contributed by atoms with E-state index in [1.807, 2.05) is 13.0 Å². The highest BCUT2D eigenvalue weighted by Crippen LogP contribution is 2.32. The maximum Gasteiger partial charge on any atom is 0.419 e. The zero-order valence-corrected chi connectivity index (χ0v) is 19.6. The molecule has 0 saturated carbocycles. The van der Waals surface area contributed by atoms with E-state index in [2.05, 4.69) is 0 Å². The Bertz CT molecular complexity index is 1380. The molecular formula is C29H24F6O. The van der Waals surface area contributed by atoms with E-state index in [9.17, 15) is 22.0 Å². The molecule has 0 bridgehead atoms. The minimum atomic E-state index is -4.76. The summed E-state index contributed by atoms with van der Waals surface area (Å²) in [5.41, 5.74) is 0.941. The minimum Gasteiger partial charge on any atom is -0.494 e. The summed E-state index contributed by atoms with van der Waals surface area (Å²) < 4.78 is 86.8. The monoisotopic (exact) mass is 502 g/mol. The highest BCUT2D eigenvalue weighted by Gasteiger charge is 2.33. The molecule has 0 aliphatic carbocycles. The highest BCUT2D eigenvalue weighted by molar-refractivity contribution is 5.84. The number of benzene rings is 4. The molecular weight excluding hydrogens is 478 g/mol. The van der Waals surface area contributed by atoms with Gasteiger partial charge in [0.1, 0.15) is 23.2 Å². The smallest absolute Gasteiger partial charge is 0.419 e. The van der Waals surface area contributed by atoms with Crippen molar-refractivity contribution in [2.45, 2.75) is 38.8 Å². The van der Waals surface area contributed by atoms with Crippen LogP contribution in [0.3, 0.4) is 0 Å². The van der Waals surface area contributed by atoms with Gasteiger partial charge in [-0.2, -0.15) is 13.2 Å². The van der Waals surface area contributed by atoms with Crippen molar-refractivity contribution in [1.29, 1.82) is 0 Å². The van der Waals surface area contributed by atoms with Crippen LogP contribution in [0.4, 0.5) is 26.3 Å². The number of hydrogen-bond acceptors (Lipinski definition) is 1. The normalized spacial score (nSPS) is 11.8. The third kappa shape index (κ3) is 5.83. The third-order valence-electron chi connectivity index (χ3n) is 6.14. The van der Waals surface area contributed by atoms with E-state index in [-0.39, 0.29) is 18.7 Å². The Balaban J connectivity index is 1.44. The lowest BCUT2D eigenvalue weighted by atomic mass is 9.97. The second-order valence-electron chi connectivity index (χ2n) is 8.59. The summed E-state index contributed by atoms with van der Waals surface area (Å²) in [6.45, 7) is 2.29. The van der Waals surface area contributed by atoms with Crippen LogP contribution in [0.15, 0.2) is 66.7 Å². The van der Waals surface area contributed by atoms with Gasteiger partial charge in [-0.1, -0.05) is 42.5 Å². The number of rotatable bonds is 8. The summed E-state index contributed by atoms with van der Waals surface area (Å²) in [6, 6.07) is 16.3. The average molecular weight is 502 g/mol. The van der Waals surface area contributed by atoms with Gasteiger partial charge in [0.15, 0.2) is 0 Å². The van der Waals surface area contributed by atoms with Crippen molar-refractivity contribution >= 4 is 10.8 Å². The van der Waals surface area contributed by atoms with E-state index in [1.165, 1.54) is 12.1 Å². The summed E-state index contributed by atoms with van der Waals surface area (Å²) >= 11 is 0. The van der Waals surface area contributed by atoms with E-state index in [1.54, 1.807) is 36.4 Å². The molecule has 0 amide bonds. The molecule has 0 spiro atoms. The number of alkyl halides is 3. The first-order chi connectivity index (χ1) is 17.2. The van der Waals surface area contributed by atoms with Gasteiger partial charge in [-0.25, -0.2) is 13.2 Å². The Morgan fingerprint density at radius 3 is 2.00 bits per heavy atom. The highest BCUT2D eigenvalue weighted by atomic mass is 19.4. The van der Waals surface area contributed by atoms with Crippen molar-refractivity contribution in [2.75, 3.05) is 6.61 Å². The predicted octanol–water partition coefficient (Wildman–Crippen LogP) is 8.25. The van der Waals surface area contributed by atoms with Gasteiger partial charge in [0.2, 0.25) is 0 Å². The van der Waals surface area contributed by atoms with E-state index >= 15 is 4.39 Å². The van der Waals surface area contributed by atoms with Crippen LogP contribution >= 0.6 is 0 Å². The van der Waals surface area contributed by atoms with Crippen LogP contribution in [0.2, 0.25) is 0 Å². The lowest BCUT2D eigenvalue weighted by Gasteiger charge is -2.11. The van der Waals surface area contributed by atoms with Gasteiger partial charge in [0.05, 0.1) is 12.2 Å². The number of halogens is 6. The van der Waals surface area contributed by atoms with Gasteiger partial charge < -0.3 is 4.74 Å². The van der Waals surface area contributed by atoms with Crippen LogP contribution in [0.25, 0.3) is 10.8 Å². The predicted molar refractivity (Wildman–Crippen MR) is 128 cm³/mol. The molecule has 0 saturated heterocycles. The second kappa shape index (κ2) is 10.6. The largest absolute Gasteiger partial charge is 0.494 e. The van der Waals surface area contributed by atoms with Gasteiger partial charge in [-0.15, -0.1) is 0 Å². The second-order valence-corrected chi connectivity index (χ2v) is 8.59. The lowest BCUT2D eigenvalue weighted by molar-refractivity contribution is -0.140. The molecule has 0 heterocycles. The fourth-order valence-corrected chi connectivity index (χ4v) is 4.22. The zero-order chi connectivity index (χ0) is 25.9.